The zero-order valence-corrected chi connectivity index (χ0v) is 16.0. The summed E-state index contributed by atoms with van der Waals surface area (Å²) < 4.78 is 5.34. The number of aryl methyl sites for hydroxylation is 1. The van der Waals surface area contributed by atoms with Gasteiger partial charge in [-0.05, 0) is 55.2 Å². The Balaban J connectivity index is 1.91. The standard InChI is InChI=1S/C21H26N2O5/c1-13(3-4-15-5-7-16(8-6-15)21(22)27)23-12-20(28-14(2)24)17-9-10-18(25)19(26)11-17/h5-11,13,20,23,25-26H,3-4,12H2,1-2H3,(H2,22,27). The van der Waals surface area contributed by atoms with Crippen LogP contribution >= 0.6 is 0 Å². The van der Waals surface area contributed by atoms with Gasteiger partial charge >= 0.3 is 5.97 Å². The second-order valence-corrected chi connectivity index (χ2v) is 6.76. The predicted octanol–water partition coefficient (Wildman–Crippen LogP) is 2.41. The highest BCUT2D eigenvalue weighted by Gasteiger charge is 2.17. The zero-order chi connectivity index (χ0) is 20.7. The highest BCUT2D eigenvalue weighted by molar-refractivity contribution is 5.92. The van der Waals surface area contributed by atoms with Crippen LogP contribution in [0.3, 0.4) is 0 Å². The number of amides is 1. The third kappa shape index (κ3) is 6.28. The summed E-state index contributed by atoms with van der Waals surface area (Å²) in [5, 5.41) is 22.5. The summed E-state index contributed by atoms with van der Waals surface area (Å²) in [6, 6.07) is 11.7. The van der Waals surface area contributed by atoms with E-state index in [1.54, 1.807) is 18.2 Å². The number of hydrogen-bond acceptors (Lipinski definition) is 6. The first-order valence-corrected chi connectivity index (χ1v) is 9.07. The quantitative estimate of drug-likeness (QED) is 0.388. The average Bonchev–Trinajstić information content (AvgIpc) is 2.65. The highest BCUT2D eigenvalue weighted by atomic mass is 16.5. The van der Waals surface area contributed by atoms with Gasteiger partial charge in [0.1, 0.15) is 6.10 Å². The van der Waals surface area contributed by atoms with Crippen LogP contribution in [0.1, 0.15) is 47.9 Å². The minimum Gasteiger partial charge on any atom is -0.504 e. The lowest BCUT2D eigenvalue weighted by Gasteiger charge is -2.21. The number of rotatable bonds is 9. The molecule has 0 aliphatic heterocycles. The topological polar surface area (TPSA) is 122 Å². The normalized spacial score (nSPS) is 12.9. The number of nitrogens with two attached hydrogens (primary N) is 1. The number of carbonyl (C=O) groups excluding carboxylic acids is 2. The van der Waals surface area contributed by atoms with Gasteiger partial charge in [0.25, 0.3) is 0 Å². The first-order chi connectivity index (χ1) is 13.3. The van der Waals surface area contributed by atoms with E-state index in [0.29, 0.717) is 17.7 Å². The molecule has 0 aliphatic rings. The van der Waals surface area contributed by atoms with Crippen LogP contribution in [0.4, 0.5) is 0 Å². The molecule has 1 amide bonds. The van der Waals surface area contributed by atoms with Crippen molar-refractivity contribution in [3.8, 4) is 11.5 Å². The maximum absolute atomic E-state index is 11.4. The second-order valence-electron chi connectivity index (χ2n) is 6.76. The van der Waals surface area contributed by atoms with Gasteiger partial charge in [0.2, 0.25) is 5.91 Å². The number of primary amides is 1. The molecule has 7 nitrogen and oxygen atoms in total. The Bertz CT molecular complexity index is 820. The molecule has 2 aromatic carbocycles. The third-order valence-electron chi connectivity index (χ3n) is 4.44. The van der Waals surface area contributed by atoms with Crippen molar-refractivity contribution >= 4 is 11.9 Å². The molecule has 0 saturated heterocycles. The average molecular weight is 386 g/mol. The van der Waals surface area contributed by atoms with E-state index in [1.165, 1.54) is 19.1 Å². The van der Waals surface area contributed by atoms with Gasteiger partial charge in [0, 0.05) is 25.1 Å². The summed E-state index contributed by atoms with van der Waals surface area (Å²) in [5.74, 6) is -1.36. The molecule has 0 radical (unpaired) electrons. The Kier molecular flexibility index (Phi) is 7.40. The minimum absolute atomic E-state index is 0.139. The van der Waals surface area contributed by atoms with Gasteiger partial charge in [-0.2, -0.15) is 0 Å². The molecule has 0 aliphatic carbocycles. The molecule has 0 aromatic heterocycles. The summed E-state index contributed by atoms with van der Waals surface area (Å²) in [7, 11) is 0. The first kappa shape index (κ1) is 21.2. The fourth-order valence-corrected chi connectivity index (χ4v) is 2.80. The zero-order valence-electron chi connectivity index (χ0n) is 16.0. The maximum Gasteiger partial charge on any atom is 0.303 e. The number of nitrogens with one attached hydrogen (secondary N) is 1. The Labute approximate surface area is 164 Å². The summed E-state index contributed by atoms with van der Waals surface area (Å²) in [5.41, 5.74) is 7.41. The lowest BCUT2D eigenvalue weighted by Crippen LogP contribution is -2.32. The summed E-state index contributed by atoms with van der Waals surface area (Å²) in [6.45, 7) is 3.72. The molecule has 7 heteroatoms. The summed E-state index contributed by atoms with van der Waals surface area (Å²) >= 11 is 0. The van der Waals surface area contributed by atoms with E-state index in [9.17, 15) is 19.8 Å². The van der Waals surface area contributed by atoms with Crippen LogP contribution in [0.5, 0.6) is 11.5 Å². The fourth-order valence-electron chi connectivity index (χ4n) is 2.80. The van der Waals surface area contributed by atoms with Crippen molar-refractivity contribution in [3.63, 3.8) is 0 Å². The minimum atomic E-state index is -0.582. The number of carbonyl (C=O) groups is 2. The van der Waals surface area contributed by atoms with Crippen molar-refractivity contribution in [1.29, 1.82) is 0 Å². The van der Waals surface area contributed by atoms with Gasteiger partial charge in [0.15, 0.2) is 11.5 Å². The smallest absolute Gasteiger partial charge is 0.303 e. The van der Waals surface area contributed by atoms with E-state index >= 15 is 0 Å². The predicted molar refractivity (Wildman–Crippen MR) is 105 cm³/mol. The summed E-state index contributed by atoms with van der Waals surface area (Å²) in [6.07, 6.45) is 1.07. The van der Waals surface area contributed by atoms with Crippen molar-refractivity contribution in [1.82, 2.24) is 5.32 Å². The van der Waals surface area contributed by atoms with Gasteiger partial charge in [0.05, 0.1) is 0 Å². The summed E-state index contributed by atoms with van der Waals surface area (Å²) in [4.78, 5) is 22.5. The maximum atomic E-state index is 11.4. The monoisotopic (exact) mass is 386 g/mol. The third-order valence-corrected chi connectivity index (χ3v) is 4.44. The molecule has 0 heterocycles. The highest BCUT2D eigenvalue weighted by Crippen LogP contribution is 2.29. The van der Waals surface area contributed by atoms with Crippen LogP contribution in [0.15, 0.2) is 42.5 Å². The lowest BCUT2D eigenvalue weighted by molar-refractivity contribution is -0.146. The lowest BCUT2D eigenvalue weighted by atomic mass is 10.0. The van der Waals surface area contributed by atoms with Crippen LogP contribution < -0.4 is 11.1 Å². The molecule has 2 unspecified atom stereocenters. The van der Waals surface area contributed by atoms with E-state index in [0.717, 1.165) is 18.4 Å². The molecule has 150 valence electrons. The first-order valence-electron chi connectivity index (χ1n) is 9.07. The van der Waals surface area contributed by atoms with Crippen LogP contribution in [0, 0.1) is 0 Å². The molecular formula is C21H26N2O5. The molecule has 0 saturated carbocycles. The van der Waals surface area contributed by atoms with E-state index in [1.807, 2.05) is 19.1 Å². The van der Waals surface area contributed by atoms with Crippen molar-refractivity contribution in [2.45, 2.75) is 38.8 Å². The molecular weight excluding hydrogens is 360 g/mol. The van der Waals surface area contributed by atoms with Gasteiger partial charge in [-0.3, -0.25) is 9.59 Å². The Hall–Kier alpha value is -3.06. The van der Waals surface area contributed by atoms with E-state index in [2.05, 4.69) is 5.32 Å². The number of benzene rings is 2. The molecule has 0 spiro atoms. The number of phenolic OH excluding ortho intramolecular Hbond substituents is 2. The molecule has 0 fully saturated rings. The van der Waals surface area contributed by atoms with Gasteiger partial charge in [-0.25, -0.2) is 0 Å². The van der Waals surface area contributed by atoms with Crippen molar-refractivity contribution in [3.05, 3.63) is 59.2 Å². The van der Waals surface area contributed by atoms with Crippen LogP contribution in [-0.4, -0.2) is 34.7 Å². The molecule has 2 aromatic rings. The number of aromatic hydroxyl groups is 2. The molecule has 5 N–H and O–H groups in total. The van der Waals surface area contributed by atoms with Crippen molar-refractivity contribution in [2.24, 2.45) is 5.73 Å². The van der Waals surface area contributed by atoms with Crippen LogP contribution in [-0.2, 0) is 16.0 Å². The molecule has 0 bridgehead atoms. The number of ether oxygens (including phenoxy) is 1. The van der Waals surface area contributed by atoms with E-state index in [4.69, 9.17) is 10.5 Å². The van der Waals surface area contributed by atoms with Gasteiger partial charge in [-0.1, -0.05) is 18.2 Å². The molecule has 28 heavy (non-hydrogen) atoms. The van der Waals surface area contributed by atoms with E-state index in [-0.39, 0.29) is 17.5 Å². The Morgan fingerprint density at radius 3 is 2.36 bits per heavy atom. The number of phenols is 2. The number of hydrogen-bond donors (Lipinski definition) is 4. The van der Waals surface area contributed by atoms with Crippen molar-refractivity contribution < 1.29 is 24.5 Å². The Morgan fingerprint density at radius 2 is 1.79 bits per heavy atom. The largest absolute Gasteiger partial charge is 0.504 e. The SMILES string of the molecule is CC(=O)OC(CNC(C)CCc1ccc(C(N)=O)cc1)c1ccc(O)c(O)c1. The molecule has 2 atom stereocenters. The van der Waals surface area contributed by atoms with Crippen molar-refractivity contribution in [2.75, 3.05) is 6.54 Å². The fraction of sp³-hybridized carbons (Fsp3) is 0.333. The Morgan fingerprint density at radius 1 is 1.11 bits per heavy atom. The van der Waals surface area contributed by atoms with Crippen LogP contribution in [0.25, 0.3) is 0 Å². The van der Waals surface area contributed by atoms with Gasteiger partial charge < -0.3 is 26.0 Å². The molecule has 2 rings (SSSR count). The van der Waals surface area contributed by atoms with Crippen LogP contribution in [0.2, 0.25) is 0 Å². The van der Waals surface area contributed by atoms with E-state index < -0.39 is 18.0 Å². The second kappa shape index (κ2) is 9.75. The number of esters is 1. The van der Waals surface area contributed by atoms with Gasteiger partial charge in [-0.15, -0.1) is 0 Å².